The lowest BCUT2D eigenvalue weighted by molar-refractivity contribution is -0.125. The molecule has 0 aliphatic heterocycles. The van der Waals surface area contributed by atoms with Crippen molar-refractivity contribution in [1.29, 1.82) is 5.26 Å². The molecule has 0 aromatic rings. The Kier molecular flexibility index (Phi) is 4.42. The van der Waals surface area contributed by atoms with E-state index in [2.05, 4.69) is 39.1 Å². The van der Waals surface area contributed by atoms with Gasteiger partial charge in [0.1, 0.15) is 5.92 Å². The van der Waals surface area contributed by atoms with Crippen LogP contribution in [0, 0.1) is 28.1 Å². The molecule has 0 spiro atoms. The number of nitriles is 1. The number of rotatable bonds is 3. The minimum absolute atomic E-state index is 0.0986. The first-order valence-corrected chi connectivity index (χ1v) is 6.89. The van der Waals surface area contributed by atoms with Crippen molar-refractivity contribution in [2.24, 2.45) is 16.7 Å². The van der Waals surface area contributed by atoms with Crippen LogP contribution in [-0.2, 0) is 4.79 Å². The monoisotopic (exact) mass is 250 g/mol. The fourth-order valence-electron chi connectivity index (χ4n) is 3.59. The third kappa shape index (κ3) is 4.01. The van der Waals surface area contributed by atoms with Gasteiger partial charge in [0.15, 0.2) is 0 Å². The fraction of sp³-hybridized carbons (Fsp3) is 0.867. The van der Waals surface area contributed by atoms with Crippen molar-refractivity contribution in [3.63, 3.8) is 0 Å². The van der Waals surface area contributed by atoms with Crippen molar-refractivity contribution in [2.45, 2.75) is 66.3 Å². The lowest BCUT2D eigenvalue weighted by Crippen LogP contribution is -2.47. The topological polar surface area (TPSA) is 52.9 Å². The Hall–Kier alpha value is -1.04. The van der Waals surface area contributed by atoms with Gasteiger partial charge in [-0.25, -0.2) is 0 Å². The summed E-state index contributed by atoms with van der Waals surface area (Å²) in [6.07, 6.45) is 3.78. The molecule has 0 heterocycles. The summed E-state index contributed by atoms with van der Waals surface area (Å²) in [6, 6.07) is 2.28. The fourth-order valence-corrected chi connectivity index (χ4v) is 3.59. The zero-order valence-electron chi connectivity index (χ0n) is 12.3. The van der Waals surface area contributed by atoms with Crippen LogP contribution < -0.4 is 5.32 Å². The van der Waals surface area contributed by atoms with E-state index in [1.807, 2.05) is 6.92 Å². The van der Waals surface area contributed by atoms with Crippen LogP contribution in [-0.4, -0.2) is 11.9 Å². The predicted octanol–water partition coefficient (Wildman–Crippen LogP) is 3.26. The zero-order chi connectivity index (χ0) is 14.0. The second-order valence-corrected chi connectivity index (χ2v) is 7.21. The molecule has 1 saturated carbocycles. The van der Waals surface area contributed by atoms with Crippen LogP contribution in [0.15, 0.2) is 0 Å². The molecule has 1 rings (SSSR count). The standard InChI is InChI=1S/C15H26N2O/c1-6-11(9-16)13(18)17-12-7-14(2,3)10-15(4,5)8-12/h11-12H,6-8,10H2,1-5H3,(H,17,18). The molecule has 0 bridgehead atoms. The van der Waals surface area contributed by atoms with E-state index in [9.17, 15) is 4.79 Å². The van der Waals surface area contributed by atoms with Crippen molar-refractivity contribution < 1.29 is 4.79 Å². The van der Waals surface area contributed by atoms with Gasteiger partial charge in [0.05, 0.1) is 6.07 Å². The van der Waals surface area contributed by atoms with Gasteiger partial charge in [0.2, 0.25) is 5.91 Å². The van der Waals surface area contributed by atoms with Gasteiger partial charge in [-0.3, -0.25) is 4.79 Å². The second-order valence-electron chi connectivity index (χ2n) is 7.21. The summed E-state index contributed by atoms with van der Waals surface area (Å²) < 4.78 is 0. The van der Waals surface area contributed by atoms with Crippen molar-refractivity contribution in [1.82, 2.24) is 5.32 Å². The molecule has 3 nitrogen and oxygen atoms in total. The van der Waals surface area contributed by atoms with Crippen LogP contribution in [0.2, 0.25) is 0 Å². The summed E-state index contributed by atoms with van der Waals surface area (Å²) in [7, 11) is 0. The summed E-state index contributed by atoms with van der Waals surface area (Å²) in [6.45, 7) is 10.9. The average Bonchev–Trinajstić information content (AvgIpc) is 2.13. The molecular formula is C15H26N2O. The normalized spacial score (nSPS) is 24.0. The molecule has 1 aliphatic carbocycles. The second kappa shape index (κ2) is 5.30. The predicted molar refractivity (Wildman–Crippen MR) is 72.7 cm³/mol. The highest BCUT2D eigenvalue weighted by molar-refractivity contribution is 5.81. The molecule has 0 radical (unpaired) electrons. The molecule has 3 heteroatoms. The Labute approximate surface area is 111 Å². The first-order chi connectivity index (χ1) is 8.19. The summed E-state index contributed by atoms with van der Waals surface area (Å²) >= 11 is 0. The van der Waals surface area contributed by atoms with Gasteiger partial charge >= 0.3 is 0 Å². The van der Waals surface area contributed by atoms with Gasteiger partial charge in [0.25, 0.3) is 0 Å². The van der Waals surface area contributed by atoms with Gasteiger partial charge in [-0.05, 0) is 36.5 Å². The number of nitrogens with one attached hydrogen (secondary N) is 1. The Balaban J connectivity index is 2.68. The Morgan fingerprint density at radius 2 is 1.83 bits per heavy atom. The third-order valence-electron chi connectivity index (χ3n) is 3.78. The van der Waals surface area contributed by atoms with Crippen molar-refractivity contribution in [3.05, 3.63) is 0 Å². The molecule has 18 heavy (non-hydrogen) atoms. The number of nitrogens with zero attached hydrogens (tertiary/aromatic N) is 1. The highest BCUT2D eigenvalue weighted by atomic mass is 16.1. The van der Waals surface area contributed by atoms with Crippen LogP contribution in [0.4, 0.5) is 0 Å². The third-order valence-corrected chi connectivity index (χ3v) is 3.78. The van der Waals surface area contributed by atoms with Gasteiger partial charge in [-0.2, -0.15) is 5.26 Å². The van der Waals surface area contributed by atoms with Crippen molar-refractivity contribution in [3.8, 4) is 6.07 Å². The molecule has 1 amide bonds. The lowest BCUT2D eigenvalue weighted by Gasteiger charge is -2.45. The summed E-state index contributed by atoms with van der Waals surface area (Å²) in [5, 5.41) is 12.0. The lowest BCUT2D eigenvalue weighted by atomic mass is 9.63. The maximum absolute atomic E-state index is 12.0. The van der Waals surface area contributed by atoms with Crippen LogP contribution in [0.3, 0.4) is 0 Å². The highest BCUT2D eigenvalue weighted by Gasteiger charge is 2.39. The Morgan fingerprint density at radius 3 is 2.22 bits per heavy atom. The van der Waals surface area contributed by atoms with E-state index in [1.54, 1.807) is 0 Å². The van der Waals surface area contributed by atoms with E-state index in [0.29, 0.717) is 6.42 Å². The van der Waals surface area contributed by atoms with Crippen LogP contribution in [0.1, 0.15) is 60.3 Å². The van der Waals surface area contributed by atoms with Gasteiger partial charge in [-0.1, -0.05) is 34.6 Å². The first kappa shape index (κ1) is 15.0. The van der Waals surface area contributed by atoms with E-state index in [1.165, 1.54) is 6.42 Å². The van der Waals surface area contributed by atoms with Gasteiger partial charge < -0.3 is 5.32 Å². The largest absolute Gasteiger partial charge is 0.352 e. The molecular weight excluding hydrogens is 224 g/mol. The smallest absolute Gasteiger partial charge is 0.237 e. The molecule has 0 aromatic heterocycles. The molecule has 1 N–H and O–H groups in total. The number of carbonyl (C=O) groups excluding carboxylic acids is 1. The molecule has 102 valence electrons. The summed E-state index contributed by atoms with van der Waals surface area (Å²) in [5.74, 6) is -0.600. The molecule has 1 unspecified atom stereocenters. The minimum atomic E-state index is -0.502. The number of carbonyl (C=O) groups is 1. The van der Waals surface area contributed by atoms with E-state index in [0.717, 1.165) is 12.8 Å². The van der Waals surface area contributed by atoms with Crippen molar-refractivity contribution in [2.75, 3.05) is 0 Å². The van der Waals surface area contributed by atoms with Gasteiger partial charge in [-0.15, -0.1) is 0 Å². The van der Waals surface area contributed by atoms with E-state index in [-0.39, 0.29) is 22.8 Å². The van der Waals surface area contributed by atoms with Crippen molar-refractivity contribution >= 4 is 5.91 Å². The summed E-state index contributed by atoms with van der Waals surface area (Å²) in [5.41, 5.74) is 0.516. The molecule has 1 atom stereocenters. The molecule has 0 saturated heterocycles. The zero-order valence-corrected chi connectivity index (χ0v) is 12.3. The average molecular weight is 250 g/mol. The molecule has 1 aliphatic rings. The maximum Gasteiger partial charge on any atom is 0.237 e. The molecule has 0 aromatic carbocycles. The van der Waals surface area contributed by atoms with E-state index in [4.69, 9.17) is 5.26 Å². The first-order valence-electron chi connectivity index (χ1n) is 6.89. The molecule has 1 fully saturated rings. The van der Waals surface area contributed by atoms with Crippen LogP contribution >= 0.6 is 0 Å². The number of amides is 1. The Bertz CT molecular complexity index is 336. The van der Waals surface area contributed by atoms with Crippen LogP contribution in [0.25, 0.3) is 0 Å². The van der Waals surface area contributed by atoms with E-state index >= 15 is 0 Å². The van der Waals surface area contributed by atoms with Gasteiger partial charge in [0, 0.05) is 6.04 Å². The quantitative estimate of drug-likeness (QED) is 0.836. The maximum atomic E-state index is 12.0. The van der Waals surface area contributed by atoms with E-state index < -0.39 is 5.92 Å². The van der Waals surface area contributed by atoms with Crippen LogP contribution in [0.5, 0.6) is 0 Å². The Morgan fingerprint density at radius 1 is 1.33 bits per heavy atom. The minimum Gasteiger partial charge on any atom is -0.352 e. The highest BCUT2D eigenvalue weighted by Crippen LogP contribution is 2.45. The number of hydrogen-bond donors (Lipinski definition) is 1. The summed E-state index contributed by atoms with van der Waals surface area (Å²) in [4.78, 5) is 12.0. The number of hydrogen-bond acceptors (Lipinski definition) is 2. The SMILES string of the molecule is CCC(C#N)C(=O)NC1CC(C)(C)CC(C)(C)C1.